The highest BCUT2D eigenvalue weighted by molar-refractivity contribution is 7.03. The van der Waals surface area contributed by atoms with E-state index in [-0.39, 0.29) is 0 Å². The van der Waals surface area contributed by atoms with Gasteiger partial charge < -0.3 is 5.32 Å². The van der Waals surface area contributed by atoms with Crippen LogP contribution in [0, 0.1) is 5.41 Å². The van der Waals surface area contributed by atoms with E-state index in [1.807, 2.05) is 5.38 Å². The molecule has 3 nitrogen and oxygen atoms in total. The Kier molecular flexibility index (Phi) is 4.48. The largest absolute Gasteiger partial charge is 0.311 e. The molecule has 4 heteroatoms. The lowest BCUT2D eigenvalue weighted by Gasteiger charge is -2.17. The lowest BCUT2D eigenvalue weighted by molar-refractivity contribution is 0.361. The van der Waals surface area contributed by atoms with E-state index >= 15 is 0 Å². The second-order valence-electron chi connectivity index (χ2n) is 4.74. The van der Waals surface area contributed by atoms with Gasteiger partial charge in [0.1, 0.15) is 0 Å². The van der Waals surface area contributed by atoms with E-state index in [1.165, 1.54) is 24.4 Å². The minimum Gasteiger partial charge on any atom is -0.311 e. The van der Waals surface area contributed by atoms with Gasteiger partial charge in [-0.05, 0) is 36.3 Å². The van der Waals surface area contributed by atoms with Crippen LogP contribution in [-0.4, -0.2) is 16.1 Å². The molecule has 0 atom stereocenters. The highest BCUT2D eigenvalue weighted by atomic mass is 32.1. The molecule has 0 aromatic carbocycles. The highest BCUT2D eigenvalue weighted by Gasteiger charge is 2.08. The molecule has 0 aliphatic heterocycles. The van der Waals surface area contributed by atoms with Crippen molar-refractivity contribution in [2.45, 2.75) is 40.2 Å². The molecule has 14 heavy (non-hydrogen) atoms. The van der Waals surface area contributed by atoms with Gasteiger partial charge in [0.25, 0.3) is 0 Å². The molecule has 1 N–H and O–H groups in total. The predicted molar refractivity (Wildman–Crippen MR) is 60.3 cm³/mol. The van der Waals surface area contributed by atoms with Gasteiger partial charge in [0.15, 0.2) is 0 Å². The van der Waals surface area contributed by atoms with Crippen LogP contribution in [0.1, 0.15) is 39.3 Å². The van der Waals surface area contributed by atoms with E-state index in [1.54, 1.807) is 0 Å². The second kappa shape index (κ2) is 5.41. The summed E-state index contributed by atoms with van der Waals surface area (Å²) in [6.45, 7) is 8.74. The first kappa shape index (κ1) is 11.6. The number of hydrogen-bond acceptors (Lipinski definition) is 4. The Morgan fingerprint density at radius 2 is 2.21 bits per heavy atom. The molecule has 0 spiro atoms. The zero-order chi connectivity index (χ0) is 10.4. The third-order valence-corrected chi connectivity index (χ3v) is 2.55. The van der Waals surface area contributed by atoms with Crippen LogP contribution in [0.5, 0.6) is 0 Å². The number of aromatic nitrogens is 2. The molecule has 0 fully saturated rings. The van der Waals surface area contributed by atoms with Crippen molar-refractivity contribution in [1.29, 1.82) is 0 Å². The summed E-state index contributed by atoms with van der Waals surface area (Å²) in [5.74, 6) is 0. The fourth-order valence-electron chi connectivity index (χ4n) is 1.22. The molecule has 0 aliphatic rings. The molecule has 1 aromatic rings. The van der Waals surface area contributed by atoms with E-state index < -0.39 is 0 Å². The smallest absolute Gasteiger partial charge is 0.0893 e. The van der Waals surface area contributed by atoms with Gasteiger partial charge in [-0.15, -0.1) is 5.10 Å². The van der Waals surface area contributed by atoms with Gasteiger partial charge >= 0.3 is 0 Å². The normalized spacial score (nSPS) is 11.9. The quantitative estimate of drug-likeness (QED) is 0.763. The molecule has 0 bridgehead atoms. The van der Waals surface area contributed by atoms with Crippen LogP contribution in [0.15, 0.2) is 5.38 Å². The topological polar surface area (TPSA) is 37.8 Å². The minimum absolute atomic E-state index is 0.448. The first-order chi connectivity index (χ1) is 6.58. The summed E-state index contributed by atoms with van der Waals surface area (Å²) in [6, 6.07) is 0. The van der Waals surface area contributed by atoms with Gasteiger partial charge in [-0.3, -0.25) is 0 Å². The fourth-order valence-corrected chi connectivity index (χ4v) is 1.67. The SMILES string of the molecule is CC(C)(C)CCCNCc1csnn1. The molecule has 0 saturated carbocycles. The van der Waals surface area contributed by atoms with E-state index in [9.17, 15) is 0 Å². The molecule has 80 valence electrons. The molecular formula is C10H19N3S. The summed E-state index contributed by atoms with van der Waals surface area (Å²) < 4.78 is 3.81. The average Bonchev–Trinajstić information content (AvgIpc) is 2.54. The maximum absolute atomic E-state index is 3.97. The summed E-state index contributed by atoms with van der Waals surface area (Å²) in [7, 11) is 0. The molecule has 0 radical (unpaired) electrons. The van der Waals surface area contributed by atoms with Crippen LogP contribution in [-0.2, 0) is 6.54 Å². The van der Waals surface area contributed by atoms with E-state index in [2.05, 4.69) is 35.7 Å². The second-order valence-corrected chi connectivity index (χ2v) is 5.35. The van der Waals surface area contributed by atoms with Crippen molar-refractivity contribution in [2.24, 2.45) is 5.41 Å². The first-order valence-corrected chi connectivity index (χ1v) is 5.88. The zero-order valence-electron chi connectivity index (χ0n) is 9.21. The molecule has 1 heterocycles. The van der Waals surface area contributed by atoms with Gasteiger partial charge in [0, 0.05) is 11.9 Å². The van der Waals surface area contributed by atoms with Gasteiger partial charge in [-0.1, -0.05) is 25.3 Å². The maximum Gasteiger partial charge on any atom is 0.0893 e. The van der Waals surface area contributed by atoms with Crippen molar-refractivity contribution in [3.8, 4) is 0 Å². The molecule has 0 amide bonds. The van der Waals surface area contributed by atoms with Gasteiger partial charge in [0.05, 0.1) is 5.69 Å². The summed E-state index contributed by atoms with van der Waals surface area (Å²) in [4.78, 5) is 0. The number of nitrogens with one attached hydrogen (secondary N) is 1. The van der Waals surface area contributed by atoms with Crippen LogP contribution in [0.4, 0.5) is 0 Å². The van der Waals surface area contributed by atoms with Gasteiger partial charge in [-0.25, -0.2) is 0 Å². The lowest BCUT2D eigenvalue weighted by atomic mass is 9.91. The Bertz CT molecular complexity index is 238. The van der Waals surface area contributed by atoms with E-state index in [4.69, 9.17) is 0 Å². The molecule has 0 aliphatic carbocycles. The van der Waals surface area contributed by atoms with Crippen molar-refractivity contribution in [3.63, 3.8) is 0 Å². The third kappa shape index (κ3) is 5.29. The molecule has 1 aromatic heterocycles. The Morgan fingerprint density at radius 3 is 2.79 bits per heavy atom. The predicted octanol–water partition coefficient (Wildman–Crippen LogP) is 2.45. The van der Waals surface area contributed by atoms with E-state index in [0.717, 1.165) is 18.8 Å². The number of rotatable bonds is 5. The summed E-state index contributed by atoms with van der Waals surface area (Å²) >= 11 is 1.41. The number of hydrogen-bond donors (Lipinski definition) is 1. The lowest BCUT2D eigenvalue weighted by Crippen LogP contribution is -2.17. The minimum atomic E-state index is 0.448. The standard InChI is InChI=1S/C10H19N3S/c1-10(2,3)5-4-6-11-7-9-8-14-13-12-9/h8,11H,4-7H2,1-3H3. The van der Waals surface area contributed by atoms with Crippen LogP contribution < -0.4 is 5.32 Å². The molecule has 1 rings (SSSR count). The van der Waals surface area contributed by atoms with Crippen LogP contribution in [0.25, 0.3) is 0 Å². The summed E-state index contributed by atoms with van der Waals surface area (Å²) in [5, 5.41) is 9.32. The zero-order valence-corrected chi connectivity index (χ0v) is 10.0. The van der Waals surface area contributed by atoms with Gasteiger partial charge in [-0.2, -0.15) is 0 Å². The average molecular weight is 213 g/mol. The van der Waals surface area contributed by atoms with Crippen LogP contribution in [0.3, 0.4) is 0 Å². The molecule has 0 saturated heterocycles. The van der Waals surface area contributed by atoms with Crippen molar-refractivity contribution >= 4 is 11.5 Å². The monoisotopic (exact) mass is 213 g/mol. The van der Waals surface area contributed by atoms with Crippen LogP contribution in [0.2, 0.25) is 0 Å². The summed E-state index contributed by atoms with van der Waals surface area (Å²) in [6.07, 6.45) is 2.48. The van der Waals surface area contributed by atoms with E-state index in [0.29, 0.717) is 5.41 Å². The first-order valence-electron chi connectivity index (χ1n) is 5.04. The number of nitrogens with zero attached hydrogens (tertiary/aromatic N) is 2. The maximum atomic E-state index is 3.97. The van der Waals surface area contributed by atoms with Crippen molar-refractivity contribution in [1.82, 2.24) is 14.9 Å². The highest BCUT2D eigenvalue weighted by Crippen LogP contribution is 2.19. The Hall–Kier alpha value is -0.480. The Morgan fingerprint density at radius 1 is 1.43 bits per heavy atom. The van der Waals surface area contributed by atoms with Crippen LogP contribution >= 0.6 is 11.5 Å². The Balaban J connectivity index is 2.00. The summed E-state index contributed by atoms with van der Waals surface area (Å²) in [5.41, 5.74) is 1.50. The third-order valence-electron chi connectivity index (χ3n) is 1.99. The Labute approximate surface area is 90.1 Å². The van der Waals surface area contributed by atoms with Crippen molar-refractivity contribution in [3.05, 3.63) is 11.1 Å². The fraction of sp³-hybridized carbons (Fsp3) is 0.800. The van der Waals surface area contributed by atoms with Crippen molar-refractivity contribution in [2.75, 3.05) is 6.54 Å². The van der Waals surface area contributed by atoms with Gasteiger partial charge in [0.2, 0.25) is 0 Å². The molecular weight excluding hydrogens is 194 g/mol. The van der Waals surface area contributed by atoms with Crippen molar-refractivity contribution < 1.29 is 0 Å². The molecule has 0 unspecified atom stereocenters.